The number of nitrogens with one attached hydrogen (secondary N) is 1. The fourth-order valence-corrected chi connectivity index (χ4v) is 1.52. The summed E-state index contributed by atoms with van der Waals surface area (Å²) < 4.78 is 38.1. The van der Waals surface area contributed by atoms with Gasteiger partial charge < -0.3 is 10.4 Å². The Morgan fingerprint density at radius 2 is 2.11 bits per heavy atom. The molecular weight excluding hydrogens is 271 g/mol. The summed E-state index contributed by atoms with van der Waals surface area (Å²) in [5.41, 5.74) is -1.20. The van der Waals surface area contributed by atoms with E-state index < -0.39 is 23.6 Å². The molecule has 1 rings (SSSR count). The summed E-state index contributed by atoms with van der Waals surface area (Å²) in [5, 5.41) is 11.0. The molecule has 0 heterocycles. The zero-order chi connectivity index (χ0) is 13.9. The summed E-state index contributed by atoms with van der Waals surface area (Å²) in [6.45, 7) is 1.25. The summed E-state index contributed by atoms with van der Waals surface area (Å²) in [4.78, 5) is 10.6. The van der Waals surface area contributed by atoms with Crippen LogP contribution in [0.2, 0.25) is 5.02 Å². The molecule has 0 saturated carbocycles. The lowest BCUT2D eigenvalue weighted by atomic mass is 10.1. The molecule has 0 radical (unpaired) electrons. The Kier molecular flexibility index (Phi) is 4.45. The van der Waals surface area contributed by atoms with E-state index in [0.29, 0.717) is 0 Å². The van der Waals surface area contributed by atoms with Crippen LogP contribution in [0.15, 0.2) is 18.2 Å². The number of hydrogen-bond donors (Lipinski definition) is 2. The molecule has 18 heavy (non-hydrogen) atoms. The standard InChI is InChI=1S/C11H11ClF3NO2/c1-6(10(17)18)5-16-9-7(11(13,14)15)3-2-4-8(9)12/h2-4,6,16H,5H2,1H3,(H,17,18). The van der Waals surface area contributed by atoms with Crippen molar-refractivity contribution in [3.63, 3.8) is 0 Å². The predicted octanol–water partition coefficient (Wildman–Crippen LogP) is 3.49. The van der Waals surface area contributed by atoms with Crippen molar-refractivity contribution in [3.05, 3.63) is 28.8 Å². The average molecular weight is 282 g/mol. The molecule has 2 N–H and O–H groups in total. The van der Waals surface area contributed by atoms with Crippen molar-refractivity contribution in [2.75, 3.05) is 11.9 Å². The molecule has 1 atom stereocenters. The van der Waals surface area contributed by atoms with Crippen LogP contribution in [0.1, 0.15) is 12.5 Å². The molecule has 0 bridgehead atoms. The van der Waals surface area contributed by atoms with Gasteiger partial charge in [-0.15, -0.1) is 0 Å². The largest absolute Gasteiger partial charge is 0.481 e. The van der Waals surface area contributed by atoms with Crippen molar-refractivity contribution in [2.24, 2.45) is 5.92 Å². The fraction of sp³-hybridized carbons (Fsp3) is 0.364. The zero-order valence-electron chi connectivity index (χ0n) is 9.38. The number of carbonyl (C=O) groups is 1. The Morgan fingerprint density at radius 3 is 2.61 bits per heavy atom. The van der Waals surface area contributed by atoms with E-state index in [1.54, 1.807) is 0 Å². The molecule has 0 aromatic heterocycles. The van der Waals surface area contributed by atoms with Crippen molar-refractivity contribution in [2.45, 2.75) is 13.1 Å². The first-order valence-electron chi connectivity index (χ1n) is 5.06. The van der Waals surface area contributed by atoms with Gasteiger partial charge in [0.15, 0.2) is 0 Å². The van der Waals surface area contributed by atoms with Crippen LogP contribution in [0, 0.1) is 5.92 Å². The van der Waals surface area contributed by atoms with Crippen molar-refractivity contribution in [3.8, 4) is 0 Å². The van der Waals surface area contributed by atoms with Crippen LogP contribution in [0.3, 0.4) is 0 Å². The number of alkyl halides is 3. The molecule has 1 aromatic carbocycles. The van der Waals surface area contributed by atoms with Gasteiger partial charge in [0.2, 0.25) is 0 Å². The van der Waals surface area contributed by atoms with Gasteiger partial charge in [0.05, 0.1) is 22.2 Å². The first kappa shape index (κ1) is 14.6. The fourth-order valence-electron chi connectivity index (χ4n) is 1.28. The van der Waals surface area contributed by atoms with Gasteiger partial charge in [-0.1, -0.05) is 24.6 Å². The molecular formula is C11H11ClF3NO2. The third-order valence-corrected chi connectivity index (χ3v) is 2.64. The number of anilines is 1. The van der Waals surface area contributed by atoms with Gasteiger partial charge in [0, 0.05) is 6.54 Å². The molecule has 0 spiro atoms. The van der Waals surface area contributed by atoms with E-state index in [1.165, 1.54) is 19.1 Å². The van der Waals surface area contributed by atoms with E-state index in [-0.39, 0.29) is 17.3 Å². The third-order valence-electron chi connectivity index (χ3n) is 2.33. The maximum absolute atomic E-state index is 12.7. The predicted molar refractivity (Wildman–Crippen MR) is 61.7 cm³/mol. The molecule has 100 valence electrons. The minimum absolute atomic E-state index is 0.0950. The van der Waals surface area contributed by atoms with Crippen molar-refractivity contribution in [1.82, 2.24) is 0 Å². The van der Waals surface area contributed by atoms with E-state index in [2.05, 4.69) is 5.32 Å². The first-order valence-corrected chi connectivity index (χ1v) is 5.43. The number of halogens is 4. The second kappa shape index (κ2) is 5.48. The van der Waals surface area contributed by atoms with Gasteiger partial charge in [0.1, 0.15) is 0 Å². The highest BCUT2D eigenvalue weighted by molar-refractivity contribution is 6.33. The van der Waals surface area contributed by atoms with Crippen molar-refractivity contribution in [1.29, 1.82) is 0 Å². The lowest BCUT2D eigenvalue weighted by Gasteiger charge is -2.17. The van der Waals surface area contributed by atoms with Gasteiger partial charge in [-0.3, -0.25) is 4.79 Å². The summed E-state index contributed by atoms with van der Waals surface area (Å²) in [7, 11) is 0. The molecule has 0 saturated heterocycles. The molecule has 7 heteroatoms. The van der Waals surface area contributed by atoms with Crippen molar-refractivity contribution >= 4 is 23.3 Å². The topological polar surface area (TPSA) is 49.3 Å². The molecule has 1 aromatic rings. The molecule has 1 unspecified atom stereocenters. The first-order chi connectivity index (χ1) is 8.23. The lowest BCUT2D eigenvalue weighted by Crippen LogP contribution is -2.21. The molecule has 0 amide bonds. The van der Waals surface area contributed by atoms with Gasteiger partial charge in [0.25, 0.3) is 0 Å². The number of hydrogen-bond acceptors (Lipinski definition) is 2. The minimum atomic E-state index is -4.54. The normalized spacial score (nSPS) is 13.2. The number of carboxylic acids is 1. The van der Waals surface area contributed by atoms with Crippen LogP contribution < -0.4 is 5.32 Å². The Morgan fingerprint density at radius 1 is 1.50 bits per heavy atom. The van der Waals surface area contributed by atoms with Crippen LogP contribution in [0.4, 0.5) is 18.9 Å². The number of aliphatic carboxylic acids is 1. The summed E-state index contributed by atoms with van der Waals surface area (Å²) in [5.74, 6) is -1.91. The SMILES string of the molecule is CC(CNc1c(Cl)cccc1C(F)(F)F)C(=O)O. The lowest BCUT2D eigenvalue weighted by molar-refractivity contribution is -0.140. The summed E-state index contributed by atoms with van der Waals surface area (Å²) in [6.07, 6.45) is -4.54. The smallest absolute Gasteiger partial charge is 0.418 e. The van der Waals surface area contributed by atoms with E-state index in [1.807, 2.05) is 0 Å². The summed E-state index contributed by atoms with van der Waals surface area (Å²) in [6, 6.07) is 3.39. The Hall–Kier alpha value is -1.43. The van der Waals surface area contributed by atoms with E-state index in [0.717, 1.165) is 6.07 Å². The van der Waals surface area contributed by atoms with Gasteiger partial charge in [-0.05, 0) is 12.1 Å². The quantitative estimate of drug-likeness (QED) is 0.888. The van der Waals surface area contributed by atoms with E-state index in [9.17, 15) is 18.0 Å². The maximum Gasteiger partial charge on any atom is 0.418 e. The van der Waals surface area contributed by atoms with Gasteiger partial charge in [-0.25, -0.2) is 0 Å². The number of para-hydroxylation sites is 1. The third kappa shape index (κ3) is 3.53. The van der Waals surface area contributed by atoms with Gasteiger partial charge >= 0.3 is 12.1 Å². The van der Waals surface area contributed by atoms with Crippen LogP contribution in [-0.4, -0.2) is 17.6 Å². The van der Waals surface area contributed by atoms with Gasteiger partial charge in [-0.2, -0.15) is 13.2 Å². The molecule has 0 aliphatic carbocycles. The molecule has 0 aliphatic rings. The Balaban J connectivity index is 2.97. The molecule has 0 aliphatic heterocycles. The maximum atomic E-state index is 12.7. The average Bonchev–Trinajstić information content (AvgIpc) is 2.25. The second-order valence-electron chi connectivity index (χ2n) is 3.78. The molecule has 3 nitrogen and oxygen atoms in total. The number of carboxylic acid groups (broad SMARTS) is 1. The Labute approximate surface area is 107 Å². The zero-order valence-corrected chi connectivity index (χ0v) is 10.1. The van der Waals surface area contributed by atoms with Crippen LogP contribution in [0.5, 0.6) is 0 Å². The highest BCUT2D eigenvalue weighted by atomic mass is 35.5. The Bertz CT molecular complexity index is 448. The molecule has 0 fully saturated rings. The minimum Gasteiger partial charge on any atom is -0.481 e. The van der Waals surface area contributed by atoms with Crippen LogP contribution >= 0.6 is 11.6 Å². The highest BCUT2D eigenvalue weighted by Crippen LogP contribution is 2.38. The highest BCUT2D eigenvalue weighted by Gasteiger charge is 2.34. The second-order valence-corrected chi connectivity index (χ2v) is 4.19. The number of benzene rings is 1. The van der Waals surface area contributed by atoms with Crippen LogP contribution in [0.25, 0.3) is 0 Å². The van der Waals surface area contributed by atoms with Crippen molar-refractivity contribution < 1.29 is 23.1 Å². The monoisotopic (exact) mass is 281 g/mol. The number of rotatable bonds is 4. The van der Waals surface area contributed by atoms with E-state index in [4.69, 9.17) is 16.7 Å². The van der Waals surface area contributed by atoms with Crippen LogP contribution in [-0.2, 0) is 11.0 Å². The van der Waals surface area contributed by atoms with E-state index >= 15 is 0 Å². The summed E-state index contributed by atoms with van der Waals surface area (Å²) >= 11 is 5.69.